The van der Waals surface area contributed by atoms with Gasteiger partial charge in [0.25, 0.3) is 0 Å². The van der Waals surface area contributed by atoms with Gasteiger partial charge in [-0.15, -0.1) is 0 Å². The Kier molecular flexibility index (Phi) is 3.41. The smallest absolute Gasteiger partial charge is 0.231 e. The predicted octanol–water partition coefficient (Wildman–Crippen LogP) is 3.96. The van der Waals surface area contributed by atoms with Crippen LogP contribution >= 0.6 is 0 Å². The average molecular weight is 322 g/mol. The van der Waals surface area contributed by atoms with E-state index in [1.54, 1.807) is 6.07 Å². The maximum atomic E-state index is 13.4. The van der Waals surface area contributed by atoms with E-state index in [9.17, 15) is 9.18 Å². The molecule has 0 radical (unpaired) electrons. The number of H-pyrrole nitrogens is 1. The summed E-state index contributed by atoms with van der Waals surface area (Å²) in [6.07, 6.45) is 3.51. The Bertz CT molecular complexity index is 907. The Hall–Kier alpha value is -2.62. The third-order valence-electron chi connectivity index (χ3n) is 4.92. The number of carbonyl (C=O) groups is 1. The minimum atomic E-state index is -0.471. The van der Waals surface area contributed by atoms with Gasteiger partial charge in [-0.3, -0.25) is 4.79 Å². The lowest BCUT2D eigenvalue weighted by Gasteiger charge is -2.15. The lowest BCUT2D eigenvalue weighted by molar-refractivity contribution is -0.123. The van der Waals surface area contributed by atoms with Gasteiger partial charge in [-0.1, -0.05) is 29.8 Å². The Morgan fingerprint density at radius 3 is 2.67 bits per heavy atom. The summed E-state index contributed by atoms with van der Waals surface area (Å²) < 4.78 is 13.4. The number of aryl methyl sites for hydroxylation is 1. The molecule has 1 heterocycles. The summed E-state index contributed by atoms with van der Waals surface area (Å²) in [5.41, 5.74) is 3.53. The number of fused-ring (bicyclic) bond motifs is 1. The van der Waals surface area contributed by atoms with Crippen molar-refractivity contribution in [3.63, 3.8) is 0 Å². The number of carbonyl (C=O) groups excluding carboxylic acids is 1. The number of hydrogen-bond donors (Lipinski definition) is 2. The van der Waals surface area contributed by atoms with Gasteiger partial charge in [0.15, 0.2) is 0 Å². The van der Waals surface area contributed by atoms with Gasteiger partial charge in [-0.2, -0.15) is 0 Å². The van der Waals surface area contributed by atoms with Crippen LogP contribution in [0.25, 0.3) is 10.9 Å². The van der Waals surface area contributed by atoms with Gasteiger partial charge in [0.1, 0.15) is 5.82 Å². The highest BCUT2D eigenvalue weighted by Gasteiger charge is 2.52. The summed E-state index contributed by atoms with van der Waals surface area (Å²) >= 11 is 0. The summed E-state index contributed by atoms with van der Waals surface area (Å²) in [5.74, 6) is -0.224. The molecule has 0 atom stereocenters. The van der Waals surface area contributed by atoms with Crippen LogP contribution in [-0.2, 0) is 16.8 Å². The van der Waals surface area contributed by atoms with E-state index >= 15 is 0 Å². The molecular weight excluding hydrogens is 303 g/mol. The number of nitrogens with one attached hydrogen (secondary N) is 2. The number of halogens is 1. The van der Waals surface area contributed by atoms with Crippen LogP contribution in [0.15, 0.2) is 48.7 Å². The van der Waals surface area contributed by atoms with Crippen molar-refractivity contribution in [2.24, 2.45) is 0 Å². The van der Waals surface area contributed by atoms with Crippen molar-refractivity contribution in [1.82, 2.24) is 10.3 Å². The van der Waals surface area contributed by atoms with E-state index in [2.05, 4.69) is 10.3 Å². The van der Waals surface area contributed by atoms with Crippen molar-refractivity contribution >= 4 is 16.8 Å². The Morgan fingerprint density at radius 2 is 1.96 bits per heavy atom. The molecule has 24 heavy (non-hydrogen) atoms. The number of aromatic nitrogens is 1. The maximum absolute atomic E-state index is 13.4. The fourth-order valence-corrected chi connectivity index (χ4v) is 3.30. The van der Waals surface area contributed by atoms with Crippen LogP contribution in [0.2, 0.25) is 0 Å². The molecule has 1 saturated carbocycles. The fraction of sp³-hybridized carbons (Fsp3) is 0.250. The largest absolute Gasteiger partial charge is 0.361 e. The molecule has 1 aliphatic carbocycles. The highest BCUT2D eigenvalue weighted by atomic mass is 19.1. The second kappa shape index (κ2) is 5.48. The molecule has 0 bridgehead atoms. The molecule has 0 spiro atoms. The molecule has 1 aliphatic rings. The van der Waals surface area contributed by atoms with Crippen molar-refractivity contribution in [2.45, 2.75) is 31.7 Å². The SMILES string of the molecule is Cc1ccc(CNC(=O)C2(c3c[nH]c4cc(F)ccc34)CC2)cc1. The molecule has 1 fully saturated rings. The number of rotatable bonds is 4. The predicted molar refractivity (Wildman–Crippen MR) is 92.2 cm³/mol. The second-order valence-corrected chi connectivity index (χ2v) is 6.64. The molecule has 3 nitrogen and oxygen atoms in total. The van der Waals surface area contributed by atoms with Gasteiger partial charge in [-0.25, -0.2) is 4.39 Å². The summed E-state index contributed by atoms with van der Waals surface area (Å²) in [6.45, 7) is 2.57. The molecule has 4 heteroatoms. The zero-order valence-electron chi connectivity index (χ0n) is 13.5. The number of amides is 1. The summed E-state index contributed by atoms with van der Waals surface area (Å²) in [5, 5.41) is 3.99. The van der Waals surface area contributed by atoms with Gasteiger partial charge in [0, 0.05) is 23.6 Å². The lowest BCUT2D eigenvalue weighted by Crippen LogP contribution is -2.34. The highest BCUT2D eigenvalue weighted by Crippen LogP contribution is 2.50. The number of benzene rings is 2. The van der Waals surface area contributed by atoms with E-state index in [0.29, 0.717) is 6.54 Å². The van der Waals surface area contributed by atoms with Crippen LogP contribution in [0.3, 0.4) is 0 Å². The van der Waals surface area contributed by atoms with Crippen LogP contribution in [0.5, 0.6) is 0 Å². The minimum absolute atomic E-state index is 0.0494. The van der Waals surface area contributed by atoms with Crippen molar-refractivity contribution < 1.29 is 9.18 Å². The molecule has 122 valence electrons. The quantitative estimate of drug-likeness (QED) is 0.750. The van der Waals surface area contributed by atoms with E-state index < -0.39 is 5.41 Å². The van der Waals surface area contributed by atoms with Crippen molar-refractivity contribution in [3.8, 4) is 0 Å². The monoisotopic (exact) mass is 322 g/mol. The number of aromatic amines is 1. The van der Waals surface area contributed by atoms with Gasteiger partial charge in [-0.05, 0) is 49.1 Å². The first kappa shape index (κ1) is 14.9. The molecule has 4 rings (SSSR count). The Balaban J connectivity index is 1.55. The fourth-order valence-electron chi connectivity index (χ4n) is 3.30. The minimum Gasteiger partial charge on any atom is -0.361 e. The zero-order valence-corrected chi connectivity index (χ0v) is 13.5. The first-order valence-electron chi connectivity index (χ1n) is 8.19. The van der Waals surface area contributed by atoms with Crippen molar-refractivity contribution in [3.05, 3.63) is 71.2 Å². The average Bonchev–Trinajstić information content (AvgIpc) is 3.28. The van der Waals surface area contributed by atoms with Crippen molar-refractivity contribution in [1.29, 1.82) is 0 Å². The molecule has 1 amide bonds. The van der Waals surface area contributed by atoms with E-state index in [1.165, 1.54) is 17.7 Å². The molecule has 3 aromatic rings. The third-order valence-corrected chi connectivity index (χ3v) is 4.92. The van der Waals surface area contributed by atoms with Crippen LogP contribution in [0.1, 0.15) is 29.5 Å². The molecular formula is C20H19FN2O. The van der Waals surface area contributed by atoms with E-state index in [0.717, 1.165) is 34.9 Å². The zero-order chi connectivity index (χ0) is 16.7. The van der Waals surface area contributed by atoms with Gasteiger partial charge >= 0.3 is 0 Å². The van der Waals surface area contributed by atoms with Gasteiger partial charge in [0.2, 0.25) is 5.91 Å². The maximum Gasteiger partial charge on any atom is 0.231 e. The van der Waals surface area contributed by atoms with Crippen LogP contribution < -0.4 is 5.32 Å². The van der Waals surface area contributed by atoms with E-state index in [4.69, 9.17) is 0 Å². The first-order valence-corrected chi connectivity index (χ1v) is 8.19. The normalized spacial score (nSPS) is 15.4. The second-order valence-electron chi connectivity index (χ2n) is 6.64. The molecule has 0 unspecified atom stereocenters. The molecule has 2 N–H and O–H groups in total. The summed E-state index contributed by atoms with van der Waals surface area (Å²) in [7, 11) is 0. The van der Waals surface area contributed by atoms with Gasteiger partial charge < -0.3 is 10.3 Å². The topological polar surface area (TPSA) is 44.9 Å². The molecule has 0 saturated heterocycles. The first-order chi connectivity index (χ1) is 11.6. The Labute approximate surface area is 139 Å². The molecule has 2 aromatic carbocycles. The van der Waals surface area contributed by atoms with Crippen LogP contribution in [0, 0.1) is 12.7 Å². The Morgan fingerprint density at radius 1 is 1.21 bits per heavy atom. The standard InChI is InChI=1S/C20H19FN2O/c1-13-2-4-14(5-3-13)11-23-19(24)20(8-9-20)17-12-22-18-10-15(21)6-7-16(17)18/h2-7,10,12,22H,8-9,11H2,1H3,(H,23,24). The summed E-state index contributed by atoms with van der Waals surface area (Å²) in [6, 6.07) is 12.8. The van der Waals surface area contributed by atoms with Gasteiger partial charge in [0.05, 0.1) is 5.41 Å². The van der Waals surface area contributed by atoms with Crippen LogP contribution in [0.4, 0.5) is 4.39 Å². The third kappa shape index (κ3) is 2.48. The van der Waals surface area contributed by atoms with E-state index in [-0.39, 0.29) is 11.7 Å². The summed E-state index contributed by atoms with van der Waals surface area (Å²) in [4.78, 5) is 15.9. The number of hydrogen-bond acceptors (Lipinski definition) is 1. The molecule has 0 aliphatic heterocycles. The molecule has 1 aromatic heterocycles. The lowest BCUT2D eigenvalue weighted by atomic mass is 9.94. The highest BCUT2D eigenvalue weighted by molar-refractivity contribution is 5.97. The van der Waals surface area contributed by atoms with Crippen molar-refractivity contribution in [2.75, 3.05) is 0 Å². The van der Waals surface area contributed by atoms with E-state index in [1.807, 2.05) is 37.4 Å². The van der Waals surface area contributed by atoms with Crippen LogP contribution in [-0.4, -0.2) is 10.9 Å².